The summed E-state index contributed by atoms with van der Waals surface area (Å²) in [5.74, 6) is 0.976. The minimum Gasteiger partial charge on any atom is -0.493 e. The Morgan fingerprint density at radius 3 is 2.53 bits per heavy atom. The Kier molecular flexibility index (Phi) is 6.88. The van der Waals surface area contributed by atoms with Gasteiger partial charge in [0.25, 0.3) is 5.91 Å². The second kappa shape index (κ2) is 10.2. The number of nitrogens with one attached hydrogen (secondary N) is 1. The van der Waals surface area contributed by atoms with Gasteiger partial charge in [0.1, 0.15) is 16.9 Å². The van der Waals surface area contributed by atoms with Crippen molar-refractivity contribution in [3.05, 3.63) is 53.6 Å². The number of benzene rings is 2. The molecule has 0 radical (unpaired) electrons. The average Bonchev–Trinajstić information content (AvgIpc) is 3.13. The molecule has 0 saturated heterocycles. The van der Waals surface area contributed by atoms with Gasteiger partial charge in [-0.1, -0.05) is 12.1 Å². The number of amides is 1. The van der Waals surface area contributed by atoms with Crippen LogP contribution in [0.15, 0.2) is 47.6 Å². The van der Waals surface area contributed by atoms with Crippen LogP contribution < -0.4 is 20.5 Å². The minimum atomic E-state index is -0.344. The van der Waals surface area contributed by atoms with Crippen LogP contribution in [0.3, 0.4) is 0 Å². The van der Waals surface area contributed by atoms with Crippen LogP contribution in [0.1, 0.15) is 22.3 Å². The first-order valence-corrected chi connectivity index (χ1v) is 10.7. The quantitative estimate of drug-likeness (QED) is 0.289. The zero-order chi connectivity index (χ0) is 24.1. The second-order valence-electron chi connectivity index (χ2n) is 7.42. The Bertz CT molecular complexity index is 1360. The molecule has 4 aromatic rings. The molecule has 0 atom stereocenters. The van der Waals surface area contributed by atoms with Crippen molar-refractivity contribution in [2.24, 2.45) is 5.10 Å². The number of rotatable bonds is 9. The van der Waals surface area contributed by atoms with Crippen LogP contribution in [-0.4, -0.2) is 61.2 Å². The van der Waals surface area contributed by atoms with Gasteiger partial charge < -0.3 is 25.3 Å². The molecule has 3 N–H and O–H groups in total. The summed E-state index contributed by atoms with van der Waals surface area (Å²) in [7, 11) is 4.75. The maximum absolute atomic E-state index is 13.0. The van der Waals surface area contributed by atoms with E-state index >= 15 is 0 Å². The summed E-state index contributed by atoms with van der Waals surface area (Å²) in [4.78, 5) is 22.4. The Balaban J connectivity index is 1.79. The number of methoxy groups -OCH3 is 3. The predicted octanol–water partition coefficient (Wildman–Crippen LogP) is 2.83. The van der Waals surface area contributed by atoms with Crippen LogP contribution in [0, 0.1) is 0 Å². The van der Waals surface area contributed by atoms with Gasteiger partial charge in [-0.2, -0.15) is 9.78 Å². The molecule has 10 nitrogen and oxygen atoms in total. The van der Waals surface area contributed by atoms with Gasteiger partial charge in [0.2, 0.25) is 0 Å². The molecule has 0 aliphatic heterocycles. The fourth-order valence-corrected chi connectivity index (χ4v) is 3.55. The number of nitrogens with zero attached hydrogens (tertiary/aromatic N) is 4. The molecule has 0 unspecified atom stereocenters. The Labute approximate surface area is 196 Å². The zero-order valence-electron chi connectivity index (χ0n) is 19.2. The van der Waals surface area contributed by atoms with Crippen molar-refractivity contribution >= 4 is 40.1 Å². The fraction of sp³-hybridized carbons (Fsp3) is 0.250. The third-order valence-corrected chi connectivity index (χ3v) is 5.24. The van der Waals surface area contributed by atoms with Crippen molar-refractivity contribution < 1.29 is 19.0 Å². The third kappa shape index (κ3) is 4.48. The van der Waals surface area contributed by atoms with Gasteiger partial charge in [0.05, 0.1) is 31.5 Å². The summed E-state index contributed by atoms with van der Waals surface area (Å²) >= 11 is 0. The largest absolute Gasteiger partial charge is 0.493 e. The summed E-state index contributed by atoms with van der Waals surface area (Å²) in [6.45, 7) is 0.978. The number of hydrogen-bond acceptors (Lipinski definition) is 8. The molecule has 2 heterocycles. The van der Waals surface area contributed by atoms with Crippen molar-refractivity contribution in [2.45, 2.75) is 6.42 Å². The second-order valence-corrected chi connectivity index (χ2v) is 7.42. The molecular formula is C24H26N6O4. The van der Waals surface area contributed by atoms with E-state index in [1.807, 2.05) is 30.3 Å². The molecule has 0 spiro atoms. The Morgan fingerprint density at radius 1 is 1.09 bits per heavy atom. The number of fused-ring (bicyclic) bond motifs is 2. The lowest BCUT2D eigenvalue weighted by Gasteiger charge is -2.07. The summed E-state index contributed by atoms with van der Waals surface area (Å²) in [5.41, 5.74) is 9.48. The van der Waals surface area contributed by atoms with E-state index in [1.165, 1.54) is 4.68 Å². The topological polar surface area (TPSA) is 126 Å². The van der Waals surface area contributed by atoms with Crippen molar-refractivity contribution in [1.29, 1.82) is 0 Å². The summed E-state index contributed by atoms with van der Waals surface area (Å²) in [5, 5.41) is 7.39. The highest BCUT2D eigenvalue weighted by molar-refractivity contribution is 6.10. The van der Waals surface area contributed by atoms with Crippen LogP contribution in [0.4, 0.5) is 5.82 Å². The van der Waals surface area contributed by atoms with E-state index in [4.69, 9.17) is 19.9 Å². The number of para-hydroxylation sites is 2. The van der Waals surface area contributed by atoms with Crippen LogP contribution >= 0.6 is 0 Å². The van der Waals surface area contributed by atoms with Crippen LogP contribution in [-0.2, 0) is 4.74 Å². The van der Waals surface area contributed by atoms with Crippen molar-refractivity contribution in [1.82, 2.24) is 20.0 Å². The normalized spacial score (nSPS) is 11.4. The van der Waals surface area contributed by atoms with Gasteiger partial charge in [-0.15, -0.1) is 0 Å². The van der Waals surface area contributed by atoms with E-state index in [9.17, 15) is 4.79 Å². The van der Waals surface area contributed by atoms with E-state index in [-0.39, 0.29) is 17.3 Å². The molecule has 2 aromatic carbocycles. The first-order valence-electron chi connectivity index (χ1n) is 10.7. The maximum atomic E-state index is 13.0. The molecule has 2 aromatic heterocycles. The molecular weight excluding hydrogens is 436 g/mol. The highest BCUT2D eigenvalue weighted by Gasteiger charge is 2.23. The molecule has 4 rings (SSSR count). The van der Waals surface area contributed by atoms with Crippen molar-refractivity contribution in [2.75, 3.05) is 40.2 Å². The number of carbonyl (C=O) groups is 1. The lowest BCUT2D eigenvalue weighted by atomic mass is 10.2. The van der Waals surface area contributed by atoms with Crippen LogP contribution in [0.2, 0.25) is 0 Å². The highest BCUT2D eigenvalue weighted by atomic mass is 16.5. The number of anilines is 1. The van der Waals surface area contributed by atoms with Gasteiger partial charge >= 0.3 is 0 Å². The lowest BCUT2D eigenvalue weighted by Crippen LogP contribution is -2.26. The number of carbonyl (C=O) groups excluding carboxylic acids is 1. The molecule has 0 saturated carbocycles. The third-order valence-electron chi connectivity index (χ3n) is 5.24. The smallest absolute Gasteiger partial charge is 0.257 e. The van der Waals surface area contributed by atoms with E-state index in [2.05, 4.69) is 20.4 Å². The van der Waals surface area contributed by atoms with E-state index in [0.29, 0.717) is 53.3 Å². The highest BCUT2D eigenvalue weighted by Crippen LogP contribution is 2.29. The van der Waals surface area contributed by atoms with Gasteiger partial charge in [0, 0.05) is 20.3 Å². The van der Waals surface area contributed by atoms with Crippen molar-refractivity contribution in [3.8, 4) is 11.5 Å². The molecule has 0 aliphatic carbocycles. The lowest BCUT2D eigenvalue weighted by molar-refractivity contribution is 0.0951. The monoisotopic (exact) mass is 462 g/mol. The zero-order valence-corrected chi connectivity index (χ0v) is 19.2. The van der Waals surface area contributed by atoms with Crippen LogP contribution in [0.25, 0.3) is 22.2 Å². The van der Waals surface area contributed by atoms with Gasteiger partial charge in [-0.25, -0.2) is 9.97 Å². The van der Waals surface area contributed by atoms with Gasteiger partial charge in [0.15, 0.2) is 17.1 Å². The minimum absolute atomic E-state index is 0.145. The first-order chi connectivity index (χ1) is 16.6. The number of nitrogen functional groups attached to an aromatic ring is 1. The van der Waals surface area contributed by atoms with Gasteiger partial charge in [-0.05, 0) is 42.3 Å². The summed E-state index contributed by atoms with van der Waals surface area (Å²) in [6.07, 6.45) is 2.28. The van der Waals surface area contributed by atoms with E-state index in [1.54, 1.807) is 39.7 Å². The maximum Gasteiger partial charge on any atom is 0.257 e. The average molecular weight is 463 g/mol. The fourth-order valence-electron chi connectivity index (χ4n) is 3.55. The van der Waals surface area contributed by atoms with E-state index < -0.39 is 0 Å². The standard InChI is InChI=1S/C24H26N6O4/c1-32-12-6-11-26-24(31)20-21-23(29-17-8-5-4-7-16(17)28-21)30(22(20)25)27-14-15-9-10-18(33-2)19(13-15)34-3/h4-5,7-10,13-14H,6,11-12,25H2,1-3H3,(H,26,31)/b27-14-. The number of nitrogens with two attached hydrogens (primary N) is 1. The number of ether oxygens (including phenoxy) is 3. The van der Waals surface area contributed by atoms with Gasteiger partial charge in [-0.3, -0.25) is 4.79 Å². The molecule has 10 heteroatoms. The summed E-state index contributed by atoms with van der Waals surface area (Å²) in [6, 6.07) is 12.8. The van der Waals surface area contributed by atoms with E-state index in [0.717, 1.165) is 5.56 Å². The molecule has 0 fully saturated rings. The van der Waals surface area contributed by atoms with Crippen molar-refractivity contribution in [3.63, 3.8) is 0 Å². The number of aromatic nitrogens is 3. The molecule has 176 valence electrons. The molecule has 1 amide bonds. The Morgan fingerprint density at radius 2 is 1.82 bits per heavy atom. The first kappa shape index (κ1) is 23.0. The SMILES string of the molecule is COCCCNC(=O)c1c(N)n(/N=C\c2ccc(OC)c(OC)c2)c2nc3ccccc3nc12. The molecule has 0 bridgehead atoms. The predicted molar refractivity (Wildman–Crippen MR) is 131 cm³/mol. The Hall–Kier alpha value is -4.18. The van der Waals surface area contributed by atoms with Crippen LogP contribution in [0.5, 0.6) is 11.5 Å². The number of hydrogen-bond donors (Lipinski definition) is 2. The molecule has 0 aliphatic rings. The summed E-state index contributed by atoms with van der Waals surface area (Å²) < 4.78 is 17.1. The molecule has 34 heavy (non-hydrogen) atoms.